The van der Waals surface area contributed by atoms with Crippen LogP contribution in [0, 0.1) is 5.41 Å². The summed E-state index contributed by atoms with van der Waals surface area (Å²) in [4.78, 5) is 13.7. The molecule has 0 aliphatic rings. The third-order valence-electron chi connectivity index (χ3n) is 2.90. The third-order valence-corrected chi connectivity index (χ3v) is 2.90. The highest BCUT2D eigenvalue weighted by Gasteiger charge is 2.27. The minimum atomic E-state index is 0.00572. The molecule has 0 spiro atoms. The van der Waals surface area contributed by atoms with Crippen molar-refractivity contribution < 1.29 is 4.79 Å². The Morgan fingerprint density at radius 2 is 2.13 bits per heavy atom. The molecule has 1 rings (SSSR count). The zero-order valence-corrected chi connectivity index (χ0v) is 10.0. The van der Waals surface area contributed by atoms with Crippen LogP contribution in [0.25, 0.3) is 0 Å². The molecule has 0 saturated heterocycles. The molecule has 1 atom stereocenters. The number of nitrogens with one attached hydrogen (secondary N) is 1. The normalized spacial score (nSPS) is 13.7. The summed E-state index contributed by atoms with van der Waals surface area (Å²) in [5, 5.41) is 6.42. The zero-order chi connectivity index (χ0) is 11.6. The van der Waals surface area contributed by atoms with Gasteiger partial charge in [0.2, 0.25) is 0 Å². The van der Waals surface area contributed by atoms with Gasteiger partial charge in [0, 0.05) is 19.3 Å². The molecule has 0 aliphatic carbocycles. The van der Waals surface area contributed by atoms with Crippen LogP contribution in [0.4, 0.5) is 0 Å². The lowest BCUT2D eigenvalue weighted by Crippen LogP contribution is -2.42. The Morgan fingerprint density at radius 3 is 2.53 bits per heavy atom. The maximum atomic E-state index is 12.0. The molecule has 0 saturated carbocycles. The molecular weight excluding hydrogens is 190 g/mol. The predicted molar refractivity (Wildman–Crippen MR) is 59.6 cm³/mol. The summed E-state index contributed by atoms with van der Waals surface area (Å²) in [6, 6.07) is 0.180. The Kier molecular flexibility index (Phi) is 3.17. The number of carbonyl (C=O) groups is 1. The largest absolute Gasteiger partial charge is 0.338 e. The van der Waals surface area contributed by atoms with E-state index >= 15 is 0 Å². The topological polar surface area (TPSA) is 49.0 Å². The lowest BCUT2D eigenvalue weighted by Gasteiger charge is -2.35. The van der Waals surface area contributed by atoms with Crippen LogP contribution >= 0.6 is 0 Å². The van der Waals surface area contributed by atoms with Gasteiger partial charge in [-0.25, -0.2) is 0 Å². The molecule has 1 unspecified atom stereocenters. The first-order valence-corrected chi connectivity index (χ1v) is 5.10. The molecule has 4 heteroatoms. The van der Waals surface area contributed by atoms with E-state index in [4.69, 9.17) is 0 Å². The summed E-state index contributed by atoms with van der Waals surface area (Å²) in [7, 11) is 1.82. The molecular formula is C11H19N3O. The van der Waals surface area contributed by atoms with E-state index in [0.29, 0.717) is 5.56 Å². The van der Waals surface area contributed by atoms with Crippen LogP contribution < -0.4 is 0 Å². The van der Waals surface area contributed by atoms with Crippen LogP contribution in [0.5, 0.6) is 0 Å². The minimum Gasteiger partial charge on any atom is -0.338 e. The third kappa shape index (κ3) is 2.58. The van der Waals surface area contributed by atoms with Gasteiger partial charge in [0.1, 0.15) is 0 Å². The smallest absolute Gasteiger partial charge is 0.257 e. The lowest BCUT2D eigenvalue weighted by atomic mass is 9.87. The number of amides is 1. The summed E-state index contributed by atoms with van der Waals surface area (Å²) >= 11 is 0. The maximum absolute atomic E-state index is 12.0. The van der Waals surface area contributed by atoms with Gasteiger partial charge in [0.25, 0.3) is 5.91 Å². The van der Waals surface area contributed by atoms with Gasteiger partial charge >= 0.3 is 0 Å². The highest BCUT2D eigenvalue weighted by atomic mass is 16.2. The van der Waals surface area contributed by atoms with Crippen molar-refractivity contribution in [3.8, 4) is 0 Å². The van der Waals surface area contributed by atoms with Crippen molar-refractivity contribution in [3.63, 3.8) is 0 Å². The molecule has 0 bridgehead atoms. The molecule has 1 aromatic heterocycles. The van der Waals surface area contributed by atoms with E-state index < -0.39 is 0 Å². The number of hydrogen-bond acceptors (Lipinski definition) is 2. The Morgan fingerprint density at radius 1 is 1.53 bits per heavy atom. The number of aromatic nitrogens is 2. The molecule has 1 N–H and O–H groups in total. The predicted octanol–water partition coefficient (Wildman–Crippen LogP) is 1.92. The molecule has 0 radical (unpaired) electrons. The quantitative estimate of drug-likeness (QED) is 0.809. The maximum Gasteiger partial charge on any atom is 0.257 e. The standard InChI is InChI=1S/C11H19N3O/c1-8(11(2,3)4)14(5)10(15)9-6-12-13-7-9/h6-8H,1-5H3,(H,12,13). The number of rotatable bonds is 2. The van der Waals surface area contributed by atoms with Gasteiger partial charge in [-0.15, -0.1) is 0 Å². The number of aromatic amines is 1. The van der Waals surface area contributed by atoms with E-state index in [9.17, 15) is 4.79 Å². The highest BCUT2D eigenvalue weighted by molar-refractivity contribution is 5.93. The first kappa shape index (κ1) is 11.8. The van der Waals surface area contributed by atoms with Crippen molar-refractivity contribution in [1.29, 1.82) is 0 Å². The molecule has 4 nitrogen and oxygen atoms in total. The van der Waals surface area contributed by atoms with Crippen LogP contribution in [-0.4, -0.2) is 34.1 Å². The average molecular weight is 209 g/mol. The van der Waals surface area contributed by atoms with Crippen LogP contribution in [0.2, 0.25) is 0 Å². The molecule has 1 amide bonds. The minimum absolute atomic E-state index is 0.00572. The molecule has 1 aromatic rings. The van der Waals surface area contributed by atoms with Crippen molar-refractivity contribution in [2.45, 2.75) is 33.7 Å². The van der Waals surface area contributed by atoms with Crippen LogP contribution in [0.3, 0.4) is 0 Å². The van der Waals surface area contributed by atoms with Gasteiger partial charge in [-0.05, 0) is 12.3 Å². The van der Waals surface area contributed by atoms with E-state index in [1.807, 2.05) is 7.05 Å². The van der Waals surface area contributed by atoms with Crippen LogP contribution in [-0.2, 0) is 0 Å². The van der Waals surface area contributed by atoms with Gasteiger partial charge in [0.05, 0.1) is 11.8 Å². The fourth-order valence-electron chi connectivity index (χ4n) is 1.33. The van der Waals surface area contributed by atoms with Crippen molar-refractivity contribution >= 4 is 5.91 Å². The average Bonchev–Trinajstić information content (AvgIpc) is 2.65. The molecule has 0 aliphatic heterocycles. The second kappa shape index (κ2) is 4.04. The number of carbonyl (C=O) groups excluding carboxylic acids is 1. The van der Waals surface area contributed by atoms with Gasteiger partial charge in [-0.2, -0.15) is 5.10 Å². The molecule has 84 valence electrons. The molecule has 0 fully saturated rings. The fourth-order valence-corrected chi connectivity index (χ4v) is 1.33. The monoisotopic (exact) mass is 209 g/mol. The van der Waals surface area contributed by atoms with Crippen molar-refractivity contribution in [2.24, 2.45) is 5.41 Å². The Balaban J connectivity index is 2.78. The van der Waals surface area contributed by atoms with Gasteiger partial charge in [-0.1, -0.05) is 20.8 Å². The molecule has 0 aromatic carbocycles. The van der Waals surface area contributed by atoms with Crippen LogP contribution in [0.1, 0.15) is 38.1 Å². The summed E-state index contributed by atoms with van der Waals surface area (Å²) in [6.07, 6.45) is 3.17. The summed E-state index contributed by atoms with van der Waals surface area (Å²) in [5.74, 6) is 0.00572. The summed E-state index contributed by atoms with van der Waals surface area (Å²) < 4.78 is 0. The SMILES string of the molecule is CC(N(C)C(=O)c1cn[nH]c1)C(C)(C)C. The Hall–Kier alpha value is -1.32. The van der Waals surface area contributed by atoms with E-state index in [1.54, 1.807) is 17.3 Å². The van der Waals surface area contributed by atoms with Crippen molar-refractivity contribution in [2.75, 3.05) is 7.05 Å². The van der Waals surface area contributed by atoms with Crippen LogP contribution in [0.15, 0.2) is 12.4 Å². The first-order chi connectivity index (χ1) is 6.84. The van der Waals surface area contributed by atoms with Gasteiger partial charge in [-0.3, -0.25) is 9.89 Å². The molecule has 15 heavy (non-hydrogen) atoms. The zero-order valence-electron chi connectivity index (χ0n) is 10.0. The second-order valence-corrected chi connectivity index (χ2v) is 4.95. The molecule has 1 heterocycles. The van der Waals surface area contributed by atoms with E-state index in [-0.39, 0.29) is 17.4 Å². The first-order valence-electron chi connectivity index (χ1n) is 5.10. The number of hydrogen-bond donors (Lipinski definition) is 1. The number of H-pyrrole nitrogens is 1. The summed E-state index contributed by atoms with van der Waals surface area (Å²) in [5.41, 5.74) is 0.683. The van der Waals surface area contributed by atoms with E-state index in [1.165, 1.54) is 0 Å². The second-order valence-electron chi connectivity index (χ2n) is 4.95. The van der Waals surface area contributed by atoms with Crippen molar-refractivity contribution in [3.05, 3.63) is 18.0 Å². The van der Waals surface area contributed by atoms with E-state index in [0.717, 1.165) is 0 Å². The Bertz CT molecular complexity index is 324. The fraction of sp³-hybridized carbons (Fsp3) is 0.636. The summed E-state index contributed by atoms with van der Waals surface area (Å²) in [6.45, 7) is 8.42. The highest BCUT2D eigenvalue weighted by Crippen LogP contribution is 2.23. The van der Waals surface area contributed by atoms with Gasteiger partial charge < -0.3 is 4.90 Å². The lowest BCUT2D eigenvalue weighted by molar-refractivity contribution is 0.0629. The van der Waals surface area contributed by atoms with E-state index in [2.05, 4.69) is 37.9 Å². The van der Waals surface area contributed by atoms with Crippen molar-refractivity contribution in [1.82, 2.24) is 15.1 Å². The van der Waals surface area contributed by atoms with Gasteiger partial charge in [0.15, 0.2) is 0 Å². The number of nitrogens with zero attached hydrogens (tertiary/aromatic N) is 2. The Labute approximate surface area is 90.7 Å².